The van der Waals surface area contributed by atoms with Gasteiger partial charge in [-0.25, -0.2) is 0 Å². The van der Waals surface area contributed by atoms with Gasteiger partial charge >= 0.3 is 0 Å². The Hall–Kier alpha value is -0.960. The minimum atomic E-state index is -3.43. The molecular formula is C16H28N4O3S. The van der Waals surface area contributed by atoms with Crippen molar-refractivity contribution >= 4 is 10.2 Å². The van der Waals surface area contributed by atoms with E-state index in [0.29, 0.717) is 25.6 Å². The third-order valence-electron chi connectivity index (χ3n) is 5.18. The molecule has 0 amide bonds. The zero-order chi connectivity index (χ0) is 17.3. The molecule has 0 spiro atoms. The number of fused-ring (bicyclic) bond motifs is 1. The van der Waals surface area contributed by atoms with E-state index in [0.717, 1.165) is 17.8 Å². The highest BCUT2D eigenvalue weighted by Crippen LogP contribution is 2.33. The van der Waals surface area contributed by atoms with Crippen LogP contribution in [0, 0.1) is 5.92 Å². The van der Waals surface area contributed by atoms with Gasteiger partial charge in [0.2, 0.25) is 0 Å². The molecule has 0 bridgehead atoms. The fourth-order valence-corrected chi connectivity index (χ4v) is 5.07. The van der Waals surface area contributed by atoms with Crippen molar-refractivity contribution in [3.63, 3.8) is 0 Å². The summed E-state index contributed by atoms with van der Waals surface area (Å²) in [6.07, 6.45) is 6.99. The Balaban J connectivity index is 1.87. The molecule has 7 nitrogen and oxygen atoms in total. The lowest BCUT2D eigenvalue weighted by Crippen LogP contribution is -2.45. The molecular weight excluding hydrogens is 328 g/mol. The Labute approximate surface area is 144 Å². The molecule has 1 aliphatic heterocycles. The summed E-state index contributed by atoms with van der Waals surface area (Å²) in [6.45, 7) is 2.28. The first-order valence-corrected chi connectivity index (χ1v) is 10.0. The molecule has 0 unspecified atom stereocenters. The first-order chi connectivity index (χ1) is 11.4. The minimum absolute atomic E-state index is 0.0254. The van der Waals surface area contributed by atoms with E-state index in [1.54, 1.807) is 21.2 Å². The molecule has 3 rings (SSSR count). The molecule has 1 saturated carbocycles. The van der Waals surface area contributed by atoms with E-state index in [2.05, 4.69) is 9.78 Å². The third kappa shape index (κ3) is 3.37. The third-order valence-corrected chi connectivity index (χ3v) is 7.03. The maximum Gasteiger partial charge on any atom is 0.281 e. The highest BCUT2D eigenvalue weighted by molar-refractivity contribution is 7.86. The van der Waals surface area contributed by atoms with E-state index in [1.165, 1.54) is 34.3 Å². The Morgan fingerprint density at radius 3 is 2.67 bits per heavy atom. The molecule has 0 saturated heterocycles. The van der Waals surface area contributed by atoms with Crippen molar-refractivity contribution in [2.24, 2.45) is 5.92 Å². The molecule has 0 radical (unpaired) electrons. The van der Waals surface area contributed by atoms with E-state index in [9.17, 15) is 8.42 Å². The number of hydrogen-bond donors (Lipinski definition) is 0. The van der Waals surface area contributed by atoms with Crippen molar-refractivity contribution in [2.75, 3.05) is 34.4 Å². The second-order valence-corrected chi connectivity index (χ2v) is 9.26. The van der Waals surface area contributed by atoms with Crippen LogP contribution >= 0.6 is 0 Å². The van der Waals surface area contributed by atoms with Gasteiger partial charge in [0.1, 0.15) is 0 Å². The van der Waals surface area contributed by atoms with Crippen molar-refractivity contribution in [3.05, 3.63) is 17.5 Å². The van der Waals surface area contributed by atoms with Gasteiger partial charge in [-0.2, -0.15) is 22.1 Å². The molecule has 136 valence electrons. The molecule has 0 aromatic carbocycles. The van der Waals surface area contributed by atoms with E-state index in [-0.39, 0.29) is 5.92 Å². The van der Waals surface area contributed by atoms with E-state index < -0.39 is 10.2 Å². The fourth-order valence-electron chi connectivity index (χ4n) is 3.94. The maximum absolute atomic E-state index is 12.5. The van der Waals surface area contributed by atoms with Crippen LogP contribution < -0.4 is 0 Å². The van der Waals surface area contributed by atoms with E-state index >= 15 is 0 Å². The average Bonchev–Trinajstić information content (AvgIpc) is 3.18. The number of ether oxygens (including phenoxy) is 1. The van der Waals surface area contributed by atoms with Crippen LogP contribution in [0.1, 0.15) is 42.9 Å². The van der Waals surface area contributed by atoms with Crippen LogP contribution in [0.15, 0.2) is 6.20 Å². The van der Waals surface area contributed by atoms with Crippen molar-refractivity contribution in [3.8, 4) is 0 Å². The molecule has 1 atom stereocenters. The van der Waals surface area contributed by atoms with Crippen molar-refractivity contribution in [2.45, 2.75) is 44.7 Å². The first-order valence-electron chi connectivity index (χ1n) is 8.64. The smallest absolute Gasteiger partial charge is 0.281 e. The topological polar surface area (TPSA) is 67.7 Å². The second-order valence-electron chi connectivity index (χ2n) is 7.12. The molecule has 1 fully saturated rings. The molecule has 1 aliphatic carbocycles. The second kappa shape index (κ2) is 7.11. The minimum Gasteiger partial charge on any atom is -0.384 e. The Morgan fingerprint density at radius 2 is 2.04 bits per heavy atom. The summed E-state index contributed by atoms with van der Waals surface area (Å²) in [5.74, 6) is 0.720. The van der Waals surface area contributed by atoms with Crippen molar-refractivity contribution in [1.82, 2.24) is 18.4 Å². The van der Waals surface area contributed by atoms with Crippen LogP contribution in [0.25, 0.3) is 0 Å². The molecule has 2 aliphatic rings. The van der Waals surface area contributed by atoms with Crippen molar-refractivity contribution < 1.29 is 13.2 Å². The van der Waals surface area contributed by atoms with Crippen LogP contribution in [0.5, 0.6) is 0 Å². The van der Waals surface area contributed by atoms with Crippen LogP contribution in [-0.4, -0.2) is 61.2 Å². The maximum atomic E-state index is 12.5. The van der Waals surface area contributed by atoms with Gasteiger partial charge in [-0.05, 0) is 18.8 Å². The summed E-state index contributed by atoms with van der Waals surface area (Å²) in [4.78, 5) is 0. The summed E-state index contributed by atoms with van der Waals surface area (Å²) in [6, 6.07) is 0. The van der Waals surface area contributed by atoms with Crippen molar-refractivity contribution in [1.29, 1.82) is 0 Å². The molecule has 8 heteroatoms. The quantitative estimate of drug-likeness (QED) is 0.773. The summed E-state index contributed by atoms with van der Waals surface area (Å²) in [7, 11) is 1.37. The summed E-state index contributed by atoms with van der Waals surface area (Å²) >= 11 is 0. The monoisotopic (exact) mass is 356 g/mol. The predicted molar refractivity (Wildman–Crippen MR) is 91.8 cm³/mol. The molecule has 24 heavy (non-hydrogen) atoms. The fraction of sp³-hybridized carbons (Fsp3) is 0.812. The van der Waals surface area contributed by atoms with Gasteiger partial charge in [-0.15, -0.1) is 0 Å². The van der Waals surface area contributed by atoms with Gasteiger partial charge in [0.15, 0.2) is 0 Å². The Kier molecular flexibility index (Phi) is 5.29. The largest absolute Gasteiger partial charge is 0.384 e. The van der Waals surface area contributed by atoms with Gasteiger partial charge in [-0.1, -0.05) is 12.8 Å². The normalized spacial score (nSPS) is 23.1. The highest BCUT2D eigenvalue weighted by Gasteiger charge is 2.36. The number of nitrogens with zero attached hydrogens (tertiary/aromatic N) is 4. The van der Waals surface area contributed by atoms with Crippen LogP contribution in [0.3, 0.4) is 0 Å². The summed E-state index contributed by atoms with van der Waals surface area (Å²) < 4.78 is 35.3. The Morgan fingerprint density at radius 1 is 1.33 bits per heavy atom. The summed E-state index contributed by atoms with van der Waals surface area (Å²) in [5, 5.41) is 4.58. The van der Waals surface area contributed by atoms with E-state index in [4.69, 9.17) is 4.74 Å². The van der Waals surface area contributed by atoms with Crippen LogP contribution in [-0.2, 0) is 28.0 Å². The van der Waals surface area contributed by atoms with Gasteiger partial charge in [-0.3, -0.25) is 4.68 Å². The predicted octanol–water partition coefficient (Wildman–Crippen LogP) is 1.43. The van der Waals surface area contributed by atoms with Gasteiger partial charge in [0.25, 0.3) is 10.2 Å². The van der Waals surface area contributed by atoms with Gasteiger partial charge < -0.3 is 4.74 Å². The highest BCUT2D eigenvalue weighted by atomic mass is 32.2. The lowest BCUT2D eigenvalue weighted by Gasteiger charge is -2.34. The molecule has 1 aromatic heterocycles. The first kappa shape index (κ1) is 17.8. The number of rotatable bonds is 6. The number of hydrogen-bond acceptors (Lipinski definition) is 4. The lowest BCUT2D eigenvalue weighted by molar-refractivity contribution is 0.157. The molecule has 1 aromatic rings. The zero-order valence-electron chi connectivity index (χ0n) is 14.8. The van der Waals surface area contributed by atoms with Gasteiger partial charge in [0.05, 0.1) is 12.8 Å². The molecule has 0 N–H and O–H groups in total. The number of methoxy groups -OCH3 is 1. The van der Waals surface area contributed by atoms with Crippen LogP contribution in [0.4, 0.5) is 0 Å². The number of aromatic nitrogens is 2. The summed E-state index contributed by atoms with van der Waals surface area (Å²) in [5.41, 5.74) is 2.17. The Bertz CT molecular complexity index is 665. The van der Waals surface area contributed by atoms with Crippen LogP contribution in [0.2, 0.25) is 0 Å². The van der Waals surface area contributed by atoms with E-state index in [1.807, 2.05) is 6.20 Å². The lowest BCUT2D eigenvalue weighted by atomic mass is 9.98. The average molecular weight is 356 g/mol. The zero-order valence-corrected chi connectivity index (χ0v) is 15.6. The standard InChI is InChI=1S/C16H28N4O3S/c1-18(2)24(21,22)19-10-14-8-17-20(9-13-6-4-5-7-13)16(14)15(11-19)12-23-3/h8,13,15H,4-7,9-12H2,1-3H3/t15-/m1/s1. The van der Waals surface area contributed by atoms with Gasteiger partial charge in [0, 0.05) is 58.0 Å². The molecule has 2 heterocycles. The SMILES string of the molecule is COC[C@H]1CN(S(=O)(=O)N(C)C)Cc2cnn(CC3CCCC3)c21.